The van der Waals surface area contributed by atoms with Crippen LogP contribution >= 0.6 is 0 Å². The summed E-state index contributed by atoms with van der Waals surface area (Å²) < 4.78 is 2.33. The van der Waals surface area contributed by atoms with Gasteiger partial charge in [-0.1, -0.05) is 104 Å². The third-order valence-corrected chi connectivity index (χ3v) is 7.64. The molecular formula is C39H33N2+. The first-order valence-corrected chi connectivity index (χ1v) is 14.0. The minimum atomic E-state index is 0.470. The highest BCUT2D eigenvalue weighted by atomic mass is 15.0. The second-order valence-corrected chi connectivity index (χ2v) is 10.1. The molecule has 0 unspecified atom stereocenters. The molecule has 0 bridgehead atoms. The van der Waals surface area contributed by atoms with Gasteiger partial charge in [0.05, 0.1) is 16.5 Å². The van der Waals surface area contributed by atoms with E-state index in [1.54, 1.807) is 6.08 Å². The number of hydrogen-bond donors (Lipinski definition) is 1. The van der Waals surface area contributed by atoms with Gasteiger partial charge in [0.1, 0.15) is 0 Å². The Labute approximate surface area is 242 Å². The highest BCUT2D eigenvalue weighted by molar-refractivity contribution is 6.10. The Balaban J connectivity index is 1.50. The van der Waals surface area contributed by atoms with Crippen molar-refractivity contribution in [1.29, 1.82) is 0 Å². The van der Waals surface area contributed by atoms with Crippen LogP contribution in [0, 0.1) is 0 Å². The highest BCUT2D eigenvalue weighted by Gasteiger charge is 2.33. The van der Waals surface area contributed by atoms with E-state index in [0.29, 0.717) is 6.54 Å². The molecule has 0 amide bonds. The van der Waals surface area contributed by atoms with Gasteiger partial charge in [0.15, 0.2) is 6.21 Å². The van der Waals surface area contributed by atoms with Crippen molar-refractivity contribution in [3.05, 3.63) is 152 Å². The smallest absolute Gasteiger partial charge is 0.227 e. The fourth-order valence-electron chi connectivity index (χ4n) is 5.65. The summed E-state index contributed by atoms with van der Waals surface area (Å²) >= 11 is 0. The Morgan fingerprint density at radius 1 is 0.732 bits per heavy atom. The Bertz CT molecular complexity index is 1880. The van der Waals surface area contributed by atoms with Crippen LogP contribution in [0.3, 0.4) is 0 Å². The number of hydrogen-bond acceptors (Lipinski definition) is 1. The Morgan fingerprint density at radius 2 is 1.49 bits per heavy atom. The summed E-state index contributed by atoms with van der Waals surface area (Å²) in [6, 6.07) is 37.3. The van der Waals surface area contributed by atoms with Crippen LogP contribution in [0.15, 0.2) is 146 Å². The zero-order chi connectivity index (χ0) is 28.2. The molecule has 2 heteroatoms. The third kappa shape index (κ3) is 5.02. The zero-order valence-corrected chi connectivity index (χ0v) is 23.3. The number of allylic oxidation sites excluding steroid dienone is 6. The molecule has 1 aliphatic rings. The van der Waals surface area contributed by atoms with Gasteiger partial charge in [0.25, 0.3) is 0 Å². The van der Waals surface area contributed by atoms with Crippen LogP contribution in [0.25, 0.3) is 49.7 Å². The molecule has 0 radical (unpaired) electrons. The number of fused-ring (bicyclic) bond motifs is 5. The summed E-state index contributed by atoms with van der Waals surface area (Å²) in [6.45, 7) is 6.35. The molecular weight excluding hydrogens is 496 g/mol. The summed E-state index contributed by atoms with van der Waals surface area (Å²) in [7, 11) is 0. The first-order valence-electron chi connectivity index (χ1n) is 14.0. The van der Waals surface area contributed by atoms with Gasteiger partial charge in [0.2, 0.25) is 11.4 Å². The van der Waals surface area contributed by atoms with Gasteiger partial charge < -0.3 is 5.73 Å². The fourth-order valence-corrected chi connectivity index (χ4v) is 5.65. The largest absolute Gasteiger partial charge is 0.326 e. The first-order chi connectivity index (χ1) is 20.2. The van der Waals surface area contributed by atoms with E-state index in [2.05, 4.69) is 139 Å². The molecule has 0 saturated heterocycles. The fraction of sp³-hybridized carbons (Fsp3) is 0.0513. The average Bonchev–Trinajstić information content (AvgIpc) is 3.35. The summed E-state index contributed by atoms with van der Waals surface area (Å²) in [6.07, 6.45) is 14.2. The Morgan fingerprint density at radius 3 is 2.27 bits per heavy atom. The summed E-state index contributed by atoms with van der Waals surface area (Å²) in [5.41, 5.74) is 17.9. The van der Waals surface area contributed by atoms with Gasteiger partial charge in [-0.25, -0.2) is 0 Å². The van der Waals surface area contributed by atoms with Gasteiger partial charge in [-0.2, -0.15) is 4.58 Å². The number of nitrogens with zero attached hydrogens (tertiary/aromatic N) is 1. The molecule has 1 heterocycles. The zero-order valence-electron chi connectivity index (χ0n) is 23.3. The molecule has 198 valence electrons. The molecule has 41 heavy (non-hydrogen) atoms. The molecule has 2 N–H and O–H groups in total. The summed E-state index contributed by atoms with van der Waals surface area (Å²) in [5, 5.41) is 2.39. The van der Waals surface area contributed by atoms with Crippen LogP contribution in [-0.4, -0.2) is 12.8 Å². The molecule has 5 aromatic rings. The number of rotatable bonds is 7. The van der Waals surface area contributed by atoms with Crippen molar-refractivity contribution < 1.29 is 0 Å². The van der Waals surface area contributed by atoms with Gasteiger partial charge in [-0.05, 0) is 76.0 Å². The second-order valence-electron chi connectivity index (χ2n) is 10.1. The normalized spacial score (nSPS) is 13.8. The van der Waals surface area contributed by atoms with Gasteiger partial charge in [-0.3, -0.25) is 0 Å². The topological polar surface area (TPSA) is 29.0 Å². The predicted octanol–water partition coefficient (Wildman–Crippen LogP) is 9.72. The maximum absolute atomic E-state index is 6.05. The van der Waals surface area contributed by atoms with E-state index < -0.39 is 0 Å². The molecule has 0 saturated carbocycles. The maximum atomic E-state index is 6.05. The van der Waals surface area contributed by atoms with E-state index in [0.717, 1.165) is 11.1 Å². The van der Waals surface area contributed by atoms with Crippen molar-refractivity contribution in [2.45, 2.75) is 6.92 Å². The molecule has 2 nitrogen and oxygen atoms in total. The molecule has 0 fully saturated rings. The third-order valence-electron chi connectivity index (χ3n) is 7.64. The minimum Gasteiger partial charge on any atom is -0.326 e. The van der Waals surface area contributed by atoms with Crippen molar-refractivity contribution >= 4 is 33.9 Å². The number of nitrogens with two attached hydrogens (primary N) is 1. The summed E-state index contributed by atoms with van der Waals surface area (Å²) in [5.74, 6) is 0. The van der Waals surface area contributed by atoms with E-state index >= 15 is 0 Å². The monoisotopic (exact) mass is 529 g/mol. The molecule has 0 aliphatic carbocycles. The van der Waals surface area contributed by atoms with Crippen LogP contribution < -0.4 is 10.3 Å². The molecule has 0 atom stereocenters. The minimum absolute atomic E-state index is 0.470. The Kier molecular flexibility index (Phi) is 7.40. The van der Waals surface area contributed by atoms with Gasteiger partial charge in [0, 0.05) is 18.7 Å². The lowest BCUT2D eigenvalue weighted by molar-refractivity contribution is 1.15. The van der Waals surface area contributed by atoms with Crippen molar-refractivity contribution in [3.8, 4) is 33.4 Å². The SMILES string of the molecule is C=C/C=C(\CN)c1ccc2c3c(ccc2c1)-c1ccc(-c2cccc(-c4ccccc4)c2)cc1[N+]3=C/C=C\C=C/C. The lowest BCUT2D eigenvalue weighted by Crippen LogP contribution is -2.03. The van der Waals surface area contributed by atoms with Crippen molar-refractivity contribution in [2.75, 3.05) is 6.54 Å². The van der Waals surface area contributed by atoms with E-state index in [-0.39, 0.29) is 0 Å². The highest BCUT2D eigenvalue weighted by Crippen LogP contribution is 2.49. The number of benzene rings is 5. The first kappa shape index (κ1) is 26.2. The van der Waals surface area contributed by atoms with Crippen molar-refractivity contribution in [3.63, 3.8) is 0 Å². The van der Waals surface area contributed by atoms with Gasteiger partial charge in [-0.15, -0.1) is 0 Å². The quantitative estimate of drug-likeness (QED) is 0.162. The predicted molar refractivity (Wildman–Crippen MR) is 179 cm³/mol. The van der Waals surface area contributed by atoms with E-state index in [1.807, 2.05) is 19.1 Å². The van der Waals surface area contributed by atoms with Crippen LogP contribution in [0.5, 0.6) is 0 Å². The summed E-state index contributed by atoms with van der Waals surface area (Å²) in [4.78, 5) is 0. The van der Waals surface area contributed by atoms with E-state index in [4.69, 9.17) is 5.73 Å². The standard InChI is InChI=1S/C39H33N2/c1-3-5-6-10-23-41-38-26-32(30-16-11-15-29(24-30)28-13-8-7-9-14-28)18-21-36(38)37-22-19-33-25-31(34(27-40)12-4-2)17-20-35(33)39(37)41/h3-26H,2,27,40H2,1H3/q+1/b5-3-,10-6-,34-12+,41-23?. The molecule has 1 aliphatic heterocycles. The van der Waals surface area contributed by atoms with Crippen molar-refractivity contribution in [2.24, 2.45) is 5.73 Å². The maximum Gasteiger partial charge on any atom is 0.227 e. The van der Waals surface area contributed by atoms with Crippen LogP contribution in [0.4, 0.5) is 11.4 Å². The molecule has 0 aromatic heterocycles. The second kappa shape index (κ2) is 11.6. The van der Waals surface area contributed by atoms with E-state index in [9.17, 15) is 0 Å². The van der Waals surface area contributed by atoms with Gasteiger partial charge >= 0.3 is 0 Å². The molecule has 6 rings (SSSR count). The van der Waals surface area contributed by atoms with E-state index in [1.165, 1.54) is 55.5 Å². The molecule has 0 spiro atoms. The van der Waals surface area contributed by atoms with Crippen molar-refractivity contribution in [1.82, 2.24) is 4.58 Å². The van der Waals surface area contributed by atoms with Crippen LogP contribution in [0.1, 0.15) is 12.5 Å². The Hall–Kier alpha value is -5.05. The lowest BCUT2D eigenvalue weighted by Gasteiger charge is -2.08. The molecule has 5 aromatic carbocycles. The van der Waals surface area contributed by atoms with Crippen LogP contribution in [-0.2, 0) is 0 Å². The van der Waals surface area contributed by atoms with Crippen LogP contribution in [0.2, 0.25) is 0 Å². The lowest BCUT2D eigenvalue weighted by atomic mass is 9.95. The average molecular weight is 530 g/mol.